The highest BCUT2D eigenvalue weighted by molar-refractivity contribution is 9.10. The topological polar surface area (TPSA) is 90.9 Å². The highest BCUT2D eigenvalue weighted by atomic mass is 79.9. The highest BCUT2D eigenvalue weighted by Gasteiger charge is 2.38. The van der Waals surface area contributed by atoms with E-state index in [1.807, 2.05) is 0 Å². The van der Waals surface area contributed by atoms with Gasteiger partial charge in [0.2, 0.25) is 0 Å². The Labute approximate surface area is 147 Å². The first-order chi connectivity index (χ1) is 11.2. The summed E-state index contributed by atoms with van der Waals surface area (Å²) in [7, 11) is 0. The Morgan fingerprint density at radius 1 is 1.29 bits per heavy atom. The molecule has 1 aliphatic rings. The number of benzene rings is 1. The number of nitrogens with one attached hydrogen (secondary N) is 1. The van der Waals surface area contributed by atoms with Crippen molar-refractivity contribution in [2.45, 2.75) is 26.6 Å². The number of cyclic esters (lactones) is 2. The van der Waals surface area contributed by atoms with Gasteiger partial charge in [0, 0.05) is 24.5 Å². The zero-order chi connectivity index (χ0) is 17.9. The van der Waals surface area contributed by atoms with E-state index < -0.39 is 23.7 Å². The van der Waals surface area contributed by atoms with Gasteiger partial charge in [0.25, 0.3) is 5.79 Å². The Hall–Kier alpha value is -2.35. The number of halogens is 1. The summed E-state index contributed by atoms with van der Waals surface area (Å²) in [5.41, 5.74) is 0.525. The number of esters is 3. The van der Waals surface area contributed by atoms with Crippen LogP contribution in [0.4, 0.5) is 5.69 Å². The standard InChI is InChI=1S/C16H16BrNO6/c1-4-22-13(19)9-5-6-11(17)12(7-9)18-8-10-14(20)23-16(2,3)24-15(10)21/h5-8,18H,4H2,1-3H3. The van der Waals surface area contributed by atoms with Gasteiger partial charge >= 0.3 is 17.9 Å². The molecule has 0 atom stereocenters. The van der Waals surface area contributed by atoms with E-state index in [0.717, 1.165) is 0 Å². The van der Waals surface area contributed by atoms with E-state index >= 15 is 0 Å². The van der Waals surface area contributed by atoms with Crippen LogP contribution < -0.4 is 5.32 Å². The number of rotatable bonds is 4. The summed E-state index contributed by atoms with van der Waals surface area (Å²) < 4.78 is 15.5. The molecule has 1 aromatic carbocycles. The maximum atomic E-state index is 11.9. The SMILES string of the molecule is CCOC(=O)c1ccc(Br)c(NC=C2C(=O)OC(C)(C)OC2=O)c1. The van der Waals surface area contributed by atoms with E-state index in [4.69, 9.17) is 14.2 Å². The van der Waals surface area contributed by atoms with E-state index in [2.05, 4.69) is 21.2 Å². The zero-order valence-corrected chi connectivity index (χ0v) is 14.9. The van der Waals surface area contributed by atoms with Gasteiger partial charge in [0.1, 0.15) is 0 Å². The molecular formula is C16H16BrNO6. The van der Waals surface area contributed by atoms with Crippen molar-refractivity contribution in [2.24, 2.45) is 0 Å². The number of ether oxygens (including phenoxy) is 3. The van der Waals surface area contributed by atoms with Gasteiger partial charge in [-0.1, -0.05) is 0 Å². The van der Waals surface area contributed by atoms with Crippen LogP contribution in [0.5, 0.6) is 0 Å². The quantitative estimate of drug-likeness (QED) is 0.474. The van der Waals surface area contributed by atoms with E-state index in [-0.39, 0.29) is 12.2 Å². The molecule has 0 bridgehead atoms. The molecule has 1 fully saturated rings. The van der Waals surface area contributed by atoms with Crippen molar-refractivity contribution in [1.82, 2.24) is 0 Å². The predicted molar refractivity (Wildman–Crippen MR) is 88.1 cm³/mol. The van der Waals surface area contributed by atoms with Crippen LogP contribution in [-0.4, -0.2) is 30.3 Å². The minimum atomic E-state index is -1.30. The fourth-order valence-electron chi connectivity index (χ4n) is 1.91. The largest absolute Gasteiger partial charge is 0.462 e. The molecule has 1 saturated heterocycles. The monoisotopic (exact) mass is 397 g/mol. The average molecular weight is 398 g/mol. The molecule has 2 rings (SSSR count). The maximum Gasteiger partial charge on any atom is 0.350 e. The average Bonchev–Trinajstić information content (AvgIpc) is 2.47. The van der Waals surface area contributed by atoms with E-state index in [0.29, 0.717) is 15.7 Å². The third kappa shape index (κ3) is 4.14. The summed E-state index contributed by atoms with van der Waals surface area (Å²) in [5.74, 6) is -3.35. The van der Waals surface area contributed by atoms with Gasteiger partial charge in [-0.3, -0.25) is 0 Å². The zero-order valence-electron chi connectivity index (χ0n) is 13.3. The highest BCUT2D eigenvalue weighted by Crippen LogP contribution is 2.26. The third-order valence-corrected chi connectivity index (χ3v) is 3.66. The lowest BCUT2D eigenvalue weighted by molar-refractivity contribution is -0.222. The van der Waals surface area contributed by atoms with Crippen molar-refractivity contribution >= 4 is 39.5 Å². The second-order valence-corrected chi connectivity index (χ2v) is 6.15. The summed E-state index contributed by atoms with van der Waals surface area (Å²) in [6.45, 7) is 4.90. The van der Waals surface area contributed by atoms with Gasteiger partial charge in [-0.25, -0.2) is 14.4 Å². The van der Waals surface area contributed by atoms with E-state index in [9.17, 15) is 14.4 Å². The molecule has 8 heteroatoms. The second-order valence-electron chi connectivity index (χ2n) is 5.30. The molecule has 128 valence electrons. The van der Waals surface area contributed by atoms with Crippen molar-refractivity contribution < 1.29 is 28.6 Å². The molecule has 1 N–H and O–H groups in total. The van der Waals surface area contributed by atoms with Crippen LogP contribution in [-0.2, 0) is 23.8 Å². The maximum absolute atomic E-state index is 11.9. The van der Waals surface area contributed by atoms with Gasteiger partial charge in [0.05, 0.1) is 17.9 Å². The van der Waals surface area contributed by atoms with Crippen molar-refractivity contribution in [3.63, 3.8) is 0 Å². The molecular weight excluding hydrogens is 382 g/mol. The smallest absolute Gasteiger partial charge is 0.350 e. The Kier molecular flexibility index (Phi) is 5.28. The molecule has 1 aromatic rings. The van der Waals surface area contributed by atoms with Crippen LogP contribution in [0.2, 0.25) is 0 Å². The molecule has 0 spiro atoms. The lowest BCUT2D eigenvalue weighted by Gasteiger charge is -2.29. The van der Waals surface area contributed by atoms with Gasteiger partial charge in [-0.2, -0.15) is 0 Å². The Balaban J connectivity index is 2.22. The minimum absolute atomic E-state index is 0.259. The molecule has 24 heavy (non-hydrogen) atoms. The van der Waals surface area contributed by atoms with Crippen molar-refractivity contribution in [2.75, 3.05) is 11.9 Å². The van der Waals surface area contributed by atoms with Gasteiger partial charge < -0.3 is 19.5 Å². The normalized spacial score (nSPS) is 16.1. The minimum Gasteiger partial charge on any atom is -0.462 e. The van der Waals surface area contributed by atoms with Gasteiger partial charge in [-0.15, -0.1) is 0 Å². The number of hydrogen-bond acceptors (Lipinski definition) is 7. The third-order valence-electron chi connectivity index (χ3n) is 2.97. The Morgan fingerprint density at radius 2 is 1.92 bits per heavy atom. The van der Waals surface area contributed by atoms with Crippen LogP contribution in [0, 0.1) is 0 Å². The van der Waals surface area contributed by atoms with Gasteiger partial charge in [0.15, 0.2) is 5.57 Å². The van der Waals surface area contributed by atoms with Crippen molar-refractivity contribution in [1.29, 1.82) is 0 Å². The van der Waals surface area contributed by atoms with Crippen molar-refractivity contribution in [3.8, 4) is 0 Å². The summed E-state index contributed by atoms with van der Waals surface area (Å²) in [5, 5.41) is 2.79. The fourth-order valence-corrected chi connectivity index (χ4v) is 2.27. The number of hydrogen-bond donors (Lipinski definition) is 1. The van der Waals surface area contributed by atoms with Crippen molar-refractivity contribution in [3.05, 3.63) is 40.0 Å². The van der Waals surface area contributed by atoms with Crippen LogP contribution in [0.15, 0.2) is 34.4 Å². The molecule has 0 amide bonds. The first kappa shape index (κ1) is 18.0. The second kappa shape index (κ2) is 7.04. The van der Waals surface area contributed by atoms with Crippen LogP contribution >= 0.6 is 15.9 Å². The summed E-state index contributed by atoms with van der Waals surface area (Å²) in [4.78, 5) is 35.5. The molecule has 0 unspecified atom stereocenters. The summed E-state index contributed by atoms with van der Waals surface area (Å²) in [6, 6.07) is 4.77. The molecule has 0 saturated carbocycles. The molecule has 1 heterocycles. The molecule has 0 radical (unpaired) electrons. The first-order valence-electron chi connectivity index (χ1n) is 7.13. The number of anilines is 1. The molecule has 0 aliphatic carbocycles. The lowest BCUT2D eigenvalue weighted by atomic mass is 10.2. The molecule has 1 aliphatic heterocycles. The van der Waals surface area contributed by atoms with Gasteiger partial charge in [-0.05, 0) is 41.1 Å². The number of carbonyl (C=O) groups is 3. The van der Waals surface area contributed by atoms with E-state index in [1.54, 1.807) is 19.1 Å². The lowest BCUT2D eigenvalue weighted by Crippen LogP contribution is -2.42. The predicted octanol–water partition coefficient (Wildman–Crippen LogP) is 2.76. The van der Waals surface area contributed by atoms with Crippen LogP contribution in [0.25, 0.3) is 0 Å². The molecule has 7 nitrogen and oxygen atoms in total. The fraction of sp³-hybridized carbons (Fsp3) is 0.312. The van der Waals surface area contributed by atoms with Crippen LogP contribution in [0.1, 0.15) is 31.1 Å². The Morgan fingerprint density at radius 3 is 2.50 bits per heavy atom. The van der Waals surface area contributed by atoms with E-state index in [1.165, 1.54) is 26.1 Å². The first-order valence-corrected chi connectivity index (χ1v) is 7.93. The number of carbonyl (C=O) groups excluding carboxylic acids is 3. The summed E-state index contributed by atoms with van der Waals surface area (Å²) in [6.07, 6.45) is 1.18. The summed E-state index contributed by atoms with van der Waals surface area (Å²) >= 11 is 3.32. The van der Waals surface area contributed by atoms with Crippen LogP contribution in [0.3, 0.4) is 0 Å². The molecule has 0 aromatic heterocycles. The Bertz CT molecular complexity index is 703.